The monoisotopic (exact) mass is 1940 g/mol. The topological polar surface area (TPSA) is 9.23 Å². The van der Waals surface area contributed by atoms with Gasteiger partial charge < -0.3 is 4.74 Å². The van der Waals surface area contributed by atoms with E-state index < -0.39 is 30.6 Å². The van der Waals surface area contributed by atoms with Crippen molar-refractivity contribution in [2.24, 2.45) is 0 Å². The molecule has 2 aromatic rings. The van der Waals surface area contributed by atoms with Crippen LogP contribution in [0.4, 0.5) is 0 Å². The summed E-state index contributed by atoms with van der Waals surface area (Å²) in [5, 5.41) is 0. The zero-order chi connectivity index (χ0) is 37.6. The number of ether oxygens (including phenoxy) is 1. The van der Waals surface area contributed by atoms with Crippen LogP contribution in [0, 0.1) is 0 Å². The third-order valence-corrected chi connectivity index (χ3v) is 39.8. The van der Waals surface area contributed by atoms with Gasteiger partial charge in [0.1, 0.15) is 23.8 Å². The lowest BCUT2D eigenvalue weighted by Gasteiger charge is -2.60. The summed E-state index contributed by atoms with van der Waals surface area (Å²) in [4.78, 5) is 0. The minimum atomic E-state index is -1.49. The molecule has 0 aromatic heterocycles. The van der Waals surface area contributed by atoms with Crippen molar-refractivity contribution >= 4 is 319 Å². The molecule has 4 unspecified atom stereocenters. The molecule has 0 saturated carbocycles. The highest BCUT2D eigenvalue weighted by Gasteiger charge is 2.77. The van der Waals surface area contributed by atoms with Crippen LogP contribution in [0.2, 0.25) is 0 Å². The van der Waals surface area contributed by atoms with Gasteiger partial charge in [-0.1, -0.05) is 252 Å². The normalized spacial score (nSPS) is 27.3. The molecule has 0 heterocycles. The van der Waals surface area contributed by atoms with Crippen LogP contribution < -0.4 is 0 Å². The Morgan fingerprint density at radius 3 is 0.898 bits per heavy atom. The first-order chi connectivity index (χ1) is 22.2. The maximum atomic E-state index is 7.41. The summed E-state index contributed by atoms with van der Waals surface area (Å²) in [6, 6.07) is 19.8. The highest BCUT2D eigenvalue weighted by atomic mass is 79.9. The second-order valence-corrected chi connectivity index (χ2v) is 34.7. The molecule has 2 aliphatic carbocycles. The number of hydrogen-bond donors (Lipinski definition) is 0. The molecular formula is C28H10Br20O. The van der Waals surface area contributed by atoms with E-state index in [0.717, 1.165) is 47.0 Å². The first-order valence-corrected chi connectivity index (χ1v) is 28.4. The zero-order valence-corrected chi connectivity index (χ0v) is 54.5. The highest BCUT2D eigenvalue weighted by Crippen LogP contribution is 2.78. The average Bonchev–Trinajstić information content (AvgIpc) is 3.06. The van der Waals surface area contributed by atoms with Crippen molar-refractivity contribution in [2.75, 3.05) is 0 Å². The van der Waals surface area contributed by atoms with Crippen LogP contribution >= 0.6 is 319 Å². The van der Waals surface area contributed by atoms with Gasteiger partial charge in [-0.2, -0.15) is 0 Å². The maximum Gasteiger partial charge on any atom is 0.201 e. The summed E-state index contributed by atoms with van der Waals surface area (Å²) in [6.45, 7) is 0. The van der Waals surface area contributed by atoms with E-state index in [1.54, 1.807) is 0 Å². The Balaban J connectivity index is 2.10. The first-order valence-electron chi connectivity index (χ1n) is 12.5. The Hall–Kier alpha value is 6.96. The minimum absolute atomic E-state index is 0.733. The third-order valence-electron chi connectivity index (χ3n) is 7.53. The number of alkyl halides is 12. The number of benzene rings is 2. The second kappa shape index (κ2) is 17.4. The Bertz CT molecular complexity index is 1650. The van der Waals surface area contributed by atoms with Gasteiger partial charge in [-0.15, -0.1) is 0 Å². The molecule has 2 aliphatic rings. The minimum Gasteiger partial charge on any atom is -0.322 e. The first kappa shape index (κ1) is 48.6. The van der Waals surface area contributed by atoms with Crippen LogP contribution in [-0.4, -0.2) is 22.0 Å². The lowest BCUT2D eigenvalue weighted by Crippen LogP contribution is -2.67. The van der Waals surface area contributed by atoms with Crippen LogP contribution in [0.5, 0.6) is 0 Å². The van der Waals surface area contributed by atoms with Crippen LogP contribution in [0.3, 0.4) is 0 Å². The van der Waals surface area contributed by atoms with Gasteiger partial charge in [-0.3, -0.25) is 0 Å². The van der Waals surface area contributed by atoms with E-state index in [9.17, 15) is 0 Å². The van der Waals surface area contributed by atoms with Crippen molar-refractivity contribution in [1.29, 1.82) is 0 Å². The van der Waals surface area contributed by atoms with E-state index in [0.29, 0.717) is 0 Å². The number of allylic oxidation sites excluding steroid dienone is 8. The second-order valence-electron chi connectivity index (χ2n) is 10.2. The van der Waals surface area contributed by atoms with Crippen molar-refractivity contribution in [2.45, 2.75) is 30.6 Å². The summed E-state index contributed by atoms with van der Waals surface area (Å²) in [5.41, 5.74) is 1.66. The van der Waals surface area contributed by atoms with Gasteiger partial charge >= 0.3 is 0 Å². The van der Waals surface area contributed by atoms with Crippen LogP contribution in [-0.2, 0) is 13.4 Å². The molecule has 0 amide bonds. The van der Waals surface area contributed by atoms with Gasteiger partial charge in [-0.05, 0) is 139 Å². The van der Waals surface area contributed by atoms with Crippen molar-refractivity contribution in [1.82, 2.24) is 0 Å². The Morgan fingerprint density at radius 1 is 0.388 bits per heavy atom. The Kier molecular flexibility index (Phi) is 17.2. The molecule has 21 heteroatoms. The smallest absolute Gasteiger partial charge is 0.201 e. The fourth-order valence-electron chi connectivity index (χ4n) is 5.05. The van der Waals surface area contributed by atoms with Gasteiger partial charge in [0.25, 0.3) is 0 Å². The fourth-order valence-corrected chi connectivity index (χ4v) is 26.7. The van der Waals surface area contributed by atoms with Gasteiger partial charge in [-0.25, -0.2) is 0 Å². The molecule has 0 radical (unpaired) electrons. The van der Waals surface area contributed by atoms with Crippen LogP contribution in [0.15, 0.2) is 96.5 Å². The van der Waals surface area contributed by atoms with Crippen molar-refractivity contribution < 1.29 is 4.74 Å². The molecule has 0 fully saturated rings. The summed E-state index contributed by atoms with van der Waals surface area (Å²) in [5.74, 6) is 0. The van der Waals surface area contributed by atoms with E-state index in [2.05, 4.69) is 319 Å². The lowest BCUT2D eigenvalue weighted by molar-refractivity contribution is 0.0125. The number of halogens is 20. The molecule has 0 bridgehead atoms. The van der Waals surface area contributed by atoms with Crippen LogP contribution in [0.1, 0.15) is 11.1 Å². The quantitative estimate of drug-likeness (QED) is 0.239. The molecule has 2 aromatic carbocycles. The standard InChI is InChI=1S/C28H10Br20O/c29-13-15(31)19(35)25(41,42)23(39,17(13)33)21(37,11-7-3-1-4-8-11)27(45,46)49-28(47,48)22(38,12-9-5-2-6-10-12)24(40)18(34)14(30)16(32)20(36)26(24,43)44/h1-10H. The van der Waals surface area contributed by atoms with E-state index in [4.69, 9.17) is 4.74 Å². The lowest BCUT2D eigenvalue weighted by atomic mass is 9.80. The zero-order valence-electron chi connectivity index (χ0n) is 22.7. The summed E-state index contributed by atoms with van der Waals surface area (Å²) in [6.07, 6.45) is 0. The van der Waals surface area contributed by atoms with Crippen molar-refractivity contribution in [3.8, 4) is 0 Å². The molecule has 4 atom stereocenters. The molecule has 49 heavy (non-hydrogen) atoms. The number of hydrogen-bond acceptors (Lipinski definition) is 1. The van der Waals surface area contributed by atoms with Gasteiger partial charge in [0.15, 0.2) is 0 Å². The van der Waals surface area contributed by atoms with Crippen LogP contribution in [0.25, 0.3) is 0 Å². The van der Waals surface area contributed by atoms with Crippen molar-refractivity contribution in [3.63, 3.8) is 0 Å². The SMILES string of the molecule is BrC1=C(Br)C(Br)(Br)C(Br)(C(Br)(c2ccccc2)C(Br)(Br)OC(Br)(Br)C(Br)(c2ccccc2)C2(Br)C(Br)=C(Br)C(Br)=C(Br)C2(Br)Br)C(Br)=C1Br. The summed E-state index contributed by atoms with van der Waals surface area (Å²) < 4.78 is 3.78. The van der Waals surface area contributed by atoms with Crippen molar-refractivity contribution in [3.05, 3.63) is 108 Å². The third kappa shape index (κ3) is 7.54. The van der Waals surface area contributed by atoms with E-state index >= 15 is 0 Å². The predicted molar refractivity (Wildman–Crippen MR) is 280 cm³/mol. The van der Waals surface area contributed by atoms with Gasteiger partial charge in [0.05, 0.1) is 0 Å². The molecule has 0 spiro atoms. The molecular weight excluding hydrogens is 1950 g/mol. The molecule has 268 valence electrons. The Labute approximate surface area is 452 Å². The molecule has 0 aliphatic heterocycles. The Morgan fingerprint density at radius 2 is 0.633 bits per heavy atom. The van der Waals surface area contributed by atoms with E-state index in [1.165, 1.54) is 0 Å². The molecule has 0 saturated heterocycles. The fraction of sp³-hybridized carbons (Fsp3) is 0.286. The highest BCUT2D eigenvalue weighted by molar-refractivity contribution is 9.29. The van der Waals surface area contributed by atoms with Gasteiger partial charge in [0, 0.05) is 35.9 Å². The largest absolute Gasteiger partial charge is 0.322 e. The van der Waals surface area contributed by atoms with E-state index in [-0.39, 0.29) is 0 Å². The number of rotatable bonds is 8. The summed E-state index contributed by atoms with van der Waals surface area (Å²) >= 11 is 79.9. The molecule has 1 nitrogen and oxygen atoms in total. The molecule has 4 rings (SSSR count). The summed E-state index contributed by atoms with van der Waals surface area (Å²) in [7, 11) is 0. The average molecular weight is 1960 g/mol. The van der Waals surface area contributed by atoms with Gasteiger partial charge in [0.2, 0.25) is 6.84 Å². The maximum absolute atomic E-state index is 7.41. The predicted octanol–water partition coefficient (Wildman–Crippen LogP) is 19.7. The molecule has 0 N–H and O–H groups in total. The van der Waals surface area contributed by atoms with E-state index in [1.807, 2.05) is 60.7 Å².